The van der Waals surface area contributed by atoms with Gasteiger partial charge in [-0.15, -0.1) is 0 Å². The zero-order valence-corrected chi connectivity index (χ0v) is 18.9. The lowest BCUT2D eigenvalue weighted by Crippen LogP contribution is -2.46. The number of carbonyl (C=O) groups is 1. The van der Waals surface area contributed by atoms with Crippen LogP contribution < -0.4 is 10.5 Å². The molecule has 1 saturated carbocycles. The molecule has 174 valence electrons. The molecule has 9 heteroatoms. The van der Waals surface area contributed by atoms with E-state index < -0.39 is 5.82 Å². The monoisotopic (exact) mass is 460 g/mol. The maximum absolute atomic E-state index is 14.6. The van der Waals surface area contributed by atoms with E-state index in [1.807, 2.05) is 10.6 Å². The smallest absolute Gasteiger partial charge is 0.274 e. The maximum atomic E-state index is 14.6. The molecule has 0 unspecified atom stereocenters. The van der Waals surface area contributed by atoms with Crippen LogP contribution in [0.5, 0.6) is 5.88 Å². The summed E-state index contributed by atoms with van der Waals surface area (Å²) in [6.45, 7) is 8.27. The van der Waals surface area contributed by atoms with Crippen LogP contribution in [0.1, 0.15) is 47.8 Å². The SMILES string of the molecule is [C-]#[N+]c1ccc(-c2nc(C(=O)N3CCC[C@H](N)C3)c(C3CC3)n2-c2ccc(OC)nc2)cc1F. The van der Waals surface area contributed by atoms with Crippen LogP contribution in [-0.4, -0.2) is 51.6 Å². The van der Waals surface area contributed by atoms with E-state index in [1.54, 1.807) is 30.3 Å². The van der Waals surface area contributed by atoms with E-state index in [9.17, 15) is 9.18 Å². The first-order chi connectivity index (χ1) is 16.5. The van der Waals surface area contributed by atoms with Gasteiger partial charge < -0.3 is 15.4 Å². The lowest BCUT2D eigenvalue weighted by molar-refractivity contribution is 0.0702. The predicted molar refractivity (Wildman–Crippen MR) is 125 cm³/mol. The molecule has 5 rings (SSSR count). The van der Waals surface area contributed by atoms with E-state index in [1.165, 1.54) is 12.1 Å². The van der Waals surface area contributed by atoms with Gasteiger partial charge in [0.1, 0.15) is 11.6 Å². The van der Waals surface area contributed by atoms with Gasteiger partial charge in [0.25, 0.3) is 5.91 Å². The average Bonchev–Trinajstić information content (AvgIpc) is 3.62. The number of carbonyl (C=O) groups excluding carboxylic acids is 1. The van der Waals surface area contributed by atoms with Crippen LogP contribution in [0, 0.1) is 12.4 Å². The molecule has 3 heterocycles. The van der Waals surface area contributed by atoms with Gasteiger partial charge in [0.2, 0.25) is 11.6 Å². The number of rotatable bonds is 5. The van der Waals surface area contributed by atoms with Crippen molar-refractivity contribution in [3.63, 3.8) is 0 Å². The standard InChI is InChI=1S/C25H25FN6O2/c1-28-20-9-7-16(12-19(20)26)24-30-22(25(33)31-11-3-4-17(27)14-31)23(15-5-6-15)32(24)18-8-10-21(34-2)29-13-18/h7-10,12-13,15,17H,3-6,11,14,27H2,2H3/t17-/m0/s1. The summed E-state index contributed by atoms with van der Waals surface area (Å²) < 4.78 is 21.7. The van der Waals surface area contributed by atoms with Crippen molar-refractivity contribution in [1.82, 2.24) is 19.4 Å². The summed E-state index contributed by atoms with van der Waals surface area (Å²) in [5, 5.41) is 0. The second kappa shape index (κ2) is 8.88. The number of benzene rings is 1. The minimum absolute atomic E-state index is 0.0512. The van der Waals surface area contributed by atoms with Crippen molar-refractivity contribution < 1.29 is 13.9 Å². The van der Waals surface area contributed by atoms with Crippen molar-refractivity contribution in [2.45, 2.75) is 37.6 Å². The third-order valence-electron chi connectivity index (χ3n) is 6.34. The number of likely N-dealkylation sites (tertiary alicyclic amines) is 1. The van der Waals surface area contributed by atoms with Gasteiger partial charge in [0.05, 0.1) is 31.3 Å². The topological polar surface area (TPSA) is 90.6 Å². The molecule has 2 aromatic heterocycles. The number of amides is 1. The number of hydrogen-bond acceptors (Lipinski definition) is 5. The molecule has 3 aromatic rings. The van der Waals surface area contributed by atoms with Gasteiger partial charge in [-0.1, -0.05) is 12.1 Å². The number of nitrogens with zero attached hydrogens (tertiary/aromatic N) is 5. The first-order valence-corrected chi connectivity index (χ1v) is 11.4. The summed E-state index contributed by atoms with van der Waals surface area (Å²) >= 11 is 0. The van der Waals surface area contributed by atoms with Crippen molar-refractivity contribution in [2.24, 2.45) is 5.73 Å². The third-order valence-corrected chi connectivity index (χ3v) is 6.34. The molecule has 1 aliphatic heterocycles. The van der Waals surface area contributed by atoms with Gasteiger partial charge in [0.15, 0.2) is 5.69 Å². The molecular formula is C25H25FN6O2. The van der Waals surface area contributed by atoms with E-state index in [-0.39, 0.29) is 23.6 Å². The molecule has 2 fully saturated rings. The molecule has 1 saturated heterocycles. The van der Waals surface area contributed by atoms with Crippen LogP contribution in [0.15, 0.2) is 36.5 Å². The fraction of sp³-hybridized carbons (Fsp3) is 0.360. The second-order valence-corrected chi connectivity index (χ2v) is 8.77. The van der Waals surface area contributed by atoms with Gasteiger partial charge >= 0.3 is 0 Å². The van der Waals surface area contributed by atoms with Crippen LogP contribution in [-0.2, 0) is 0 Å². The van der Waals surface area contributed by atoms with Crippen molar-refractivity contribution in [1.29, 1.82) is 0 Å². The number of aromatic nitrogens is 3. The molecular weight excluding hydrogens is 435 g/mol. The molecule has 8 nitrogen and oxygen atoms in total. The van der Waals surface area contributed by atoms with Gasteiger partial charge in [0, 0.05) is 36.7 Å². The van der Waals surface area contributed by atoms with Crippen molar-refractivity contribution in [3.05, 3.63) is 65.2 Å². The molecule has 2 aliphatic rings. The van der Waals surface area contributed by atoms with E-state index in [0.717, 1.165) is 31.4 Å². The fourth-order valence-electron chi connectivity index (χ4n) is 4.48. The molecule has 0 radical (unpaired) electrons. The molecule has 2 N–H and O–H groups in total. The largest absolute Gasteiger partial charge is 0.481 e. The molecule has 1 aliphatic carbocycles. The highest BCUT2D eigenvalue weighted by molar-refractivity contribution is 5.95. The fourth-order valence-corrected chi connectivity index (χ4v) is 4.48. The Morgan fingerprint density at radius 2 is 2.09 bits per heavy atom. The number of nitrogens with two attached hydrogens (primary N) is 1. The third kappa shape index (κ3) is 4.01. The Morgan fingerprint density at radius 3 is 2.71 bits per heavy atom. The van der Waals surface area contributed by atoms with E-state index in [0.29, 0.717) is 41.7 Å². The van der Waals surface area contributed by atoms with Crippen molar-refractivity contribution >= 4 is 11.6 Å². The van der Waals surface area contributed by atoms with Crippen LogP contribution in [0.4, 0.5) is 10.1 Å². The highest BCUT2D eigenvalue weighted by atomic mass is 19.1. The average molecular weight is 461 g/mol. The molecule has 1 atom stereocenters. The Balaban J connectivity index is 1.69. The van der Waals surface area contributed by atoms with E-state index in [2.05, 4.69) is 9.83 Å². The van der Waals surface area contributed by atoms with Crippen LogP contribution in [0.25, 0.3) is 21.9 Å². The number of pyridine rings is 1. The lowest BCUT2D eigenvalue weighted by atomic mass is 10.1. The van der Waals surface area contributed by atoms with Gasteiger partial charge in [-0.2, -0.15) is 0 Å². The number of halogens is 1. The Morgan fingerprint density at radius 1 is 1.26 bits per heavy atom. The minimum Gasteiger partial charge on any atom is -0.481 e. The molecule has 1 aromatic carbocycles. The van der Waals surface area contributed by atoms with Crippen molar-refractivity contribution in [2.75, 3.05) is 20.2 Å². The Kier molecular flexibility index (Phi) is 5.75. The summed E-state index contributed by atoms with van der Waals surface area (Å²) in [5.41, 5.74) is 8.44. The van der Waals surface area contributed by atoms with Crippen LogP contribution in [0.2, 0.25) is 0 Å². The van der Waals surface area contributed by atoms with Crippen LogP contribution >= 0.6 is 0 Å². The second-order valence-electron chi connectivity index (χ2n) is 8.77. The highest BCUT2D eigenvalue weighted by Crippen LogP contribution is 2.45. The Bertz CT molecular complexity index is 1280. The number of methoxy groups -OCH3 is 1. The quantitative estimate of drug-likeness (QED) is 0.580. The summed E-state index contributed by atoms with van der Waals surface area (Å²) in [6, 6.07) is 7.93. The summed E-state index contributed by atoms with van der Waals surface area (Å²) in [4.78, 5) is 27.7. The van der Waals surface area contributed by atoms with Gasteiger partial charge in [-0.3, -0.25) is 9.36 Å². The number of piperidine rings is 1. The highest BCUT2D eigenvalue weighted by Gasteiger charge is 2.37. The minimum atomic E-state index is -0.627. The van der Waals surface area contributed by atoms with Crippen molar-refractivity contribution in [3.8, 4) is 23.0 Å². The number of hydrogen-bond donors (Lipinski definition) is 1. The molecule has 0 spiro atoms. The van der Waals surface area contributed by atoms with Crippen LogP contribution in [0.3, 0.4) is 0 Å². The predicted octanol–water partition coefficient (Wildman–Crippen LogP) is 4.07. The zero-order valence-electron chi connectivity index (χ0n) is 18.9. The summed E-state index contributed by atoms with van der Waals surface area (Å²) in [5.74, 6) is 0.293. The van der Waals surface area contributed by atoms with Gasteiger partial charge in [-0.25, -0.2) is 19.2 Å². The zero-order chi connectivity index (χ0) is 23.8. The van der Waals surface area contributed by atoms with Gasteiger partial charge in [-0.05, 0) is 37.8 Å². The molecule has 0 bridgehead atoms. The summed E-state index contributed by atoms with van der Waals surface area (Å²) in [6.07, 6.45) is 5.29. The Hall–Kier alpha value is -3.77. The van der Waals surface area contributed by atoms with E-state index >= 15 is 0 Å². The van der Waals surface area contributed by atoms with E-state index in [4.69, 9.17) is 22.0 Å². The number of imidazole rings is 1. The first kappa shape index (κ1) is 22.0. The lowest BCUT2D eigenvalue weighted by Gasteiger charge is -2.30. The Labute approximate surface area is 197 Å². The molecule has 1 amide bonds. The first-order valence-electron chi connectivity index (χ1n) is 11.4. The normalized spacial score (nSPS) is 17.9. The number of ether oxygens (including phenoxy) is 1. The summed E-state index contributed by atoms with van der Waals surface area (Å²) in [7, 11) is 1.54. The maximum Gasteiger partial charge on any atom is 0.274 e. The molecule has 34 heavy (non-hydrogen) atoms.